The molecule has 5 heteroatoms. The fourth-order valence-electron chi connectivity index (χ4n) is 0.677. The van der Waals surface area contributed by atoms with Gasteiger partial charge in [-0.3, -0.25) is 4.79 Å². The van der Waals surface area contributed by atoms with Crippen LogP contribution < -0.4 is 0 Å². The normalized spacial score (nSPS) is 11.3. The summed E-state index contributed by atoms with van der Waals surface area (Å²) in [6.45, 7) is 0. The van der Waals surface area contributed by atoms with Crippen LogP contribution in [-0.4, -0.2) is 8.91 Å². The third-order valence-corrected chi connectivity index (χ3v) is 3.56. The van der Waals surface area contributed by atoms with Gasteiger partial charge in [-0.2, -0.15) is 0 Å². The van der Waals surface area contributed by atoms with Gasteiger partial charge in [0.2, 0.25) is 3.67 Å². The first-order valence-electron chi connectivity index (χ1n) is 3.34. The molecule has 0 bridgehead atoms. The van der Waals surface area contributed by atoms with Gasteiger partial charge in [0.15, 0.2) is 0 Å². The molecule has 1 nitrogen and oxygen atoms in total. The molecule has 0 heterocycles. The van der Waals surface area contributed by atoms with E-state index < -0.39 is 8.91 Å². The summed E-state index contributed by atoms with van der Waals surface area (Å²) in [7, 11) is 0. The van der Waals surface area contributed by atoms with Crippen molar-refractivity contribution in [2.45, 2.75) is 8.56 Å². The van der Waals surface area contributed by atoms with Crippen molar-refractivity contribution in [3.05, 3.63) is 30.3 Å². The van der Waals surface area contributed by atoms with E-state index in [1.54, 1.807) is 12.1 Å². The molecule has 0 N–H and O–H groups in total. The minimum atomic E-state index is -1.61. The Hall–Kier alpha value is 0.110. The Morgan fingerprint density at radius 2 is 1.77 bits per heavy atom. The molecule has 0 aromatic heterocycles. The van der Waals surface area contributed by atoms with Crippen molar-refractivity contribution in [2.75, 3.05) is 0 Å². The van der Waals surface area contributed by atoms with Crippen molar-refractivity contribution in [2.24, 2.45) is 0 Å². The molecule has 0 radical (unpaired) electrons. The van der Waals surface area contributed by atoms with E-state index in [0.29, 0.717) is 0 Å². The molecule has 0 atom stereocenters. The average Bonchev–Trinajstić information content (AvgIpc) is 2.05. The molecule has 0 saturated heterocycles. The molecule has 0 aliphatic heterocycles. The number of hydrogen-bond donors (Lipinski definition) is 0. The molecular formula is C8H5Cl3OS. The fraction of sp³-hybridized carbons (Fsp3) is 0.125. The predicted octanol–water partition coefficient (Wildman–Crippen LogP) is 3.68. The first-order chi connectivity index (χ1) is 6.02. The number of rotatable bonds is 3. The smallest absolute Gasteiger partial charge is 0.268 e. The summed E-state index contributed by atoms with van der Waals surface area (Å²) in [6, 6.07) is 9.10. The highest BCUT2D eigenvalue weighted by Gasteiger charge is 2.33. The lowest BCUT2D eigenvalue weighted by Crippen LogP contribution is -2.15. The minimum absolute atomic E-state index is 0.787. The monoisotopic (exact) mass is 254 g/mol. The Balaban J connectivity index is 2.75. The number of thioether (sulfide) groups is 1. The summed E-state index contributed by atoms with van der Waals surface area (Å²) in [5.74, 6) is 0. The number of hydrogen-bond acceptors (Lipinski definition) is 2. The Kier molecular flexibility index (Phi) is 3.92. The van der Waals surface area contributed by atoms with E-state index in [1.165, 1.54) is 0 Å². The van der Waals surface area contributed by atoms with Crippen LogP contribution in [-0.2, 0) is 4.79 Å². The maximum Gasteiger partial charge on any atom is 0.268 e. The Labute approximate surface area is 95.4 Å². The Bertz CT molecular complexity index is 300. The second-order valence-electron chi connectivity index (χ2n) is 2.21. The quantitative estimate of drug-likeness (QED) is 0.466. The zero-order valence-electron chi connectivity index (χ0n) is 6.34. The van der Waals surface area contributed by atoms with Crippen LogP contribution in [0.3, 0.4) is 0 Å². The fourth-order valence-corrected chi connectivity index (χ4v) is 2.00. The predicted molar refractivity (Wildman–Crippen MR) is 57.6 cm³/mol. The SMILES string of the molecule is O=C(Cl)C(Cl)(Cl)Sc1ccccc1. The summed E-state index contributed by atoms with van der Waals surface area (Å²) in [4.78, 5) is 11.5. The number of carbonyl (C=O) groups excluding carboxylic acids is 1. The van der Waals surface area contributed by atoms with Gasteiger partial charge in [-0.05, 0) is 23.7 Å². The zero-order valence-corrected chi connectivity index (χ0v) is 9.42. The Morgan fingerprint density at radius 1 is 1.23 bits per heavy atom. The van der Waals surface area contributed by atoms with Gasteiger partial charge in [-0.25, -0.2) is 0 Å². The van der Waals surface area contributed by atoms with Crippen molar-refractivity contribution in [1.82, 2.24) is 0 Å². The van der Waals surface area contributed by atoms with E-state index in [4.69, 9.17) is 34.8 Å². The van der Waals surface area contributed by atoms with Gasteiger partial charge < -0.3 is 0 Å². The number of alkyl halides is 2. The summed E-state index contributed by atoms with van der Waals surface area (Å²) in [6.07, 6.45) is 0. The highest BCUT2D eigenvalue weighted by Crippen LogP contribution is 2.41. The van der Waals surface area contributed by atoms with Crippen LogP contribution in [0.2, 0.25) is 0 Å². The Morgan fingerprint density at radius 3 is 2.23 bits per heavy atom. The van der Waals surface area contributed by atoms with E-state index in [-0.39, 0.29) is 0 Å². The van der Waals surface area contributed by atoms with Gasteiger partial charge in [0.1, 0.15) is 0 Å². The van der Waals surface area contributed by atoms with E-state index >= 15 is 0 Å². The first kappa shape index (κ1) is 11.2. The van der Waals surface area contributed by atoms with Gasteiger partial charge in [0.25, 0.3) is 5.24 Å². The molecule has 0 unspecified atom stereocenters. The first-order valence-corrected chi connectivity index (χ1v) is 5.29. The average molecular weight is 256 g/mol. The third-order valence-electron chi connectivity index (χ3n) is 1.22. The van der Waals surface area contributed by atoms with Crippen molar-refractivity contribution in [3.8, 4) is 0 Å². The van der Waals surface area contributed by atoms with Crippen LogP contribution in [0.5, 0.6) is 0 Å². The minimum Gasteiger partial charge on any atom is -0.277 e. The van der Waals surface area contributed by atoms with Gasteiger partial charge >= 0.3 is 0 Å². The molecule has 0 amide bonds. The third kappa shape index (κ3) is 3.39. The molecule has 0 aliphatic carbocycles. The largest absolute Gasteiger partial charge is 0.277 e. The van der Waals surface area contributed by atoms with E-state index in [9.17, 15) is 4.79 Å². The summed E-state index contributed by atoms with van der Waals surface area (Å²) in [5.41, 5.74) is 0. The molecule has 13 heavy (non-hydrogen) atoms. The van der Waals surface area contributed by atoms with Crippen LogP contribution in [0.4, 0.5) is 0 Å². The molecular weight excluding hydrogens is 251 g/mol. The van der Waals surface area contributed by atoms with Gasteiger partial charge in [-0.15, -0.1) is 0 Å². The van der Waals surface area contributed by atoms with Crippen molar-refractivity contribution < 1.29 is 4.79 Å². The lowest BCUT2D eigenvalue weighted by atomic mass is 10.4. The van der Waals surface area contributed by atoms with Crippen LogP contribution in [0.1, 0.15) is 0 Å². The van der Waals surface area contributed by atoms with Crippen LogP contribution in [0.25, 0.3) is 0 Å². The van der Waals surface area contributed by atoms with Crippen molar-refractivity contribution in [1.29, 1.82) is 0 Å². The molecule has 0 aliphatic rings. The van der Waals surface area contributed by atoms with E-state index in [2.05, 4.69) is 0 Å². The highest BCUT2D eigenvalue weighted by molar-refractivity contribution is 8.04. The van der Waals surface area contributed by atoms with Gasteiger partial charge in [0, 0.05) is 4.90 Å². The summed E-state index contributed by atoms with van der Waals surface area (Å²) in [5, 5.41) is -0.787. The van der Waals surface area contributed by atoms with Crippen LogP contribution in [0.15, 0.2) is 35.2 Å². The molecule has 70 valence electrons. The number of carbonyl (C=O) groups is 1. The van der Waals surface area contributed by atoms with Crippen LogP contribution >= 0.6 is 46.6 Å². The number of benzene rings is 1. The molecule has 1 aromatic rings. The zero-order chi connectivity index (χ0) is 9.90. The molecule has 0 spiro atoms. The molecule has 0 saturated carbocycles. The maximum absolute atomic E-state index is 10.8. The topological polar surface area (TPSA) is 17.1 Å². The second-order valence-corrected chi connectivity index (χ2v) is 5.61. The van der Waals surface area contributed by atoms with Crippen LogP contribution in [0, 0.1) is 0 Å². The van der Waals surface area contributed by atoms with E-state index in [0.717, 1.165) is 16.7 Å². The molecule has 1 aromatic carbocycles. The maximum atomic E-state index is 10.8. The lowest BCUT2D eigenvalue weighted by Gasteiger charge is -2.12. The molecule has 0 fully saturated rings. The lowest BCUT2D eigenvalue weighted by molar-refractivity contribution is -0.110. The molecule has 1 rings (SSSR count). The van der Waals surface area contributed by atoms with E-state index in [1.807, 2.05) is 18.2 Å². The number of halogens is 3. The van der Waals surface area contributed by atoms with Gasteiger partial charge in [0.05, 0.1) is 0 Å². The highest BCUT2D eigenvalue weighted by atomic mass is 35.5. The van der Waals surface area contributed by atoms with Crippen molar-refractivity contribution >= 4 is 51.8 Å². The second kappa shape index (κ2) is 4.56. The summed E-state index contributed by atoms with van der Waals surface area (Å²) >= 11 is 17.5. The van der Waals surface area contributed by atoms with Gasteiger partial charge in [-0.1, -0.05) is 53.2 Å². The summed E-state index contributed by atoms with van der Waals surface area (Å²) < 4.78 is -1.61. The standard InChI is InChI=1S/C8H5Cl3OS/c9-7(12)8(10,11)13-6-4-2-1-3-5-6/h1-5H. The van der Waals surface area contributed by atoms with Crippen molar-refractivity contribution in [3.63, 3.8) is 0 Å².